The van der Waals surface area contributed by atoms with Crippen LogP contribution < -0.4 is 4.72 Å². The summed E-state index contributed by atoms with van der Waals surface area (Å²) in [7, 11) is -7.14. The molecule has 0 bridgehead atoms. The van der Waals surface area contributed by atoms with Crippen molar-refractivity contribution in [1.29, 1.82) is 0 Å². The first-order valence-corrected chi connectivity index (χ1v) is 11.1. The van der Waals surface area contributed by atoms with Crippen molar-refractivity contribution in [1.82, 2.24) is 13.9 Å². The van der Waals surface area contributed by atoms with Crippen LogP contribution >= 0.6 is 0 Å². The van der Waals surface area contributed by atoms with Crippen LogP contribution in [-0.2, 0) is 26.2 Å². The van der Waals surface area contributed by atoms with Crippen LogP contribution in [0.4, 0.5) is 13.2 Å². The van der Waals surface area contributed by atoms with Crippen molar-refractivity contribution in [3.8, 4) is 0 Å². The normalized spacial score (nSPS) is 18.2. The SMILES string of the molecule is CS(=O)(=O)N1CCN(CCNS(=O)(=O)c2ccc(C(F)(F)F)cc2)CC1. The average Bonchev–Trinajstić information content (AvgIpc) is 2.54. The quantitative estimate of drug-likeness (QED) is 0.734. The van der Waals surface area contributed by atoms with Gasteiger partial charge in [-0.05, 0) is 24.3 Å². The molecule has 26 heavy (non-hydrogen) atoms. The molecular weight excluding hydrogens is 395 g/mol. The van der Waals surface area contributed by atoms with Crippen molar-refractivity contribution in [2.75, 3.05) is 45.5 Å². The van der Waals surface area contributed by atoms with Gasteiger partial charge in [-0.3, -0.25) is 4.90 Å². The van der Waals surface area contributed by atoms with Gasteiger partial charge in [0.05, 0.1) is 16.7 Å². The molecular formula is C14H20F3N3O4S2. The van der Waals surface area contributed by atoms with E-state index in [-0.39, 0.29) is 11.4 Å². The molecule has 1 heterocycles. The molecule has 0 aliphatic carbocycles. The molecule has 1 saturated heterocycles. The predicted molar refractivity (Wildman–Crippen MR) is 89.5 cm³/mol. The minimum absolute atomic E-state index is 0.0717. The second-order valence-electron chi connectivity index (χ2n) is 5.92. The lowest BCUT2D eigenvalue weighted by molar-refractivity contribution is -0.137. The highest BCUT2D eigenvalue weighted by atomic mass is 32.2. The summed E-state index contributed by atoms with van der Waals surface area (Å²) in [4.78, 5) is 1.67. The number of halogens is 3. The van der Waals surface area contributed by atoms with Crippen LogP contribution in [0.5, 0.6) is 0 Å². The van der Waals surface area contributed by atoms with Crippen molar-refractivity contribution < 1.29 is 30.0 Å². The van der Waals surface area contributed by atoms with E-state index in [0.29, 0.717) is 32.7 Å². The summed E-state index contributed by atoms with van der Waals surface area (Å²) in [6.07, 6.45) is -3.38. The Hall–Kier alpha value is -1.21. The Morgan fingerprint density at radius 2 is 1.54 bits per heavy atom. The molecule has 0 saturated carbocycles. The van der Waals surface area contributed by atoms with Gasteiger partial charge in [0.2, 0.25) is 20.0 Å². The highest BCUT2D eigenvalue weighted by Crippen LogP contribution is 2.29. The lowest BCUT2D eigenvalue weighted by Crippen LogP contribution is -2.49. The number of piperazine rings is 1. The maximum Gasteiger partial charge on any atom is 0.416 e. The fourth-order valence-electron chi connectivity index (χ4n) is 2.53. The van der Waals surface area contributed by atoms with Gasteiger partial charge in [-0.15, -0.1) is 0 Å². The van der Waals surface area contributed by atoms with Crippen LogP contribution in [-0.4, -0.2) is 71.6 Å². The summed E-state index contributed by atoms with van der Waals surface area (Å²) in [5.41, 5.74) is -0.916. The highest BCUT2D eigenvalue weighted by molar-refractivity contribution is 7.89. The third-order valence-electron chi connectivity index (χ3n) is 4.01. The number of sulfonamides is 2. The molecule has 1 aromatic carbocycles. The molecule has 0 unspecified atom stereocenters. The zero-order valence-electron chi connectivity index (χ0n) is 14.0. The number of hydrogen-bond donors (Lipinski definition) is 1. The first kappa shape index (κ1) is 21.1. The molecule has 7 nitrogen and oxygen atoms in total. The Balaban J connectivity index is 1.85. The van der Waals surface area contributed by atoms with Gasteiger partial charge in [-0.2, -0.15) is 17.5 Å². The molecule has 1 fully saturated rings. The molecule has 148 valence electrons. The predicted octanol–water partition coefficient (Wildman–Crippen LogP) is 0.561. The zero-order valence-corrected chi connectivity index (χ0v) is 15.7. The van der Waals surface area contributed by atoms with E-state index in [4.69, 9.17) is 0 Å². The Morgan fingerprint density at radius 1 is 1.00 bits per heavy atom. The van der Waals surface area contributed by atoms with Crippen LogP contribution in [0.1, 0.15) is 5.56 Å². The van der Waals surface area contributed by atoms with E-state index in [2.05, 4.69) is 4.72 Å². The minimum Gasteiger partial charge on any atom is -0.299 e. The Bertz CT molecular complexity index is 816. The summed E-state index contributed by atoms with van der Waals surface area (Å²) in [6.45, 7) is 2.08. The Labute approximate surface area is 150 Å². The molecule has 0 aromatic heterocycles. The smallest absolute Gasteiger partial charge is 0.299 e. The lowest BCUT2D eigenvalue weighted by Gasteiger charge is -2.33. The van der Waals surface area contributed by atoms with Gasteiger partial charge >= 0.3 is 6.18 Å². The second kappa shape index (κ2) is 7.80. The summed E-state index contributed by atoms with van der Waals surface area (Å²) in [6, 6.07) is 3.27. The lowest BCUT2D eigenvalue weighted by atomic mass is 10.2. The van der Waals surface area contributed by atoms with Gasteiger partial charge < -0.3 is 0 Å². The van der Waals surface area contributed by atoms with Crippen molar-refractivity contribution in [3.05, 3.63) is 29.8 Å². The summed E-state index contributed by atoms with van der Waals surface area (Å²) in [5, 5.41) is 0. The largest absolute Gasteiger partial charge is 0.416 e. The van der Waals surface area contributed by atoms with E-state index in [0.717, 1.165) is 30.5 Å². The topological polar surface area (TPSA) is 86.8 Å². The highest BCUT2D eigenvalue weighted by Gasteiger charge is 2.30. The van der Waals surface area contributed by atoms with Gasteiger partial charge in [0.1, 0.15) is 0 Å². The molecule has 1 aliphatic rings. The maximum absolute atomic E-state index is 12.5. The van der Waals surface area contributed by atoms with Gasteiger partial charge in [0, 0.05) is 39.3 Å². The molecule has 0 radical (unpaired) electrons. The molecule has 1 aromatic rings. The molecule has 0 spiro atoms. The van der Waals surface area contributed by atoms with Crippen molar-refractivity contribution in [3.63, 3.8) is 0 Å². The number of nitrogens with zero attached hydrogens (tertiary/aromatic N) is 2. The third kappa shape index (κ3) is 5.64. The Kier molecular flexibility index (Phi) is 6.33. The second-order valence-corrected chi connectivity index (χ2v) is 9.67. The van der Waals surface area contributed by atoms with E-state index < -0.39 is 31.8 Å². The van der Waals surface area contributed by atoms with Crippen molar-refractivity contribution in [2.24, 2.45) is 0 Å². The average molecular weight is 415 g/mol. The molecule has 12 heteroatoms. The summed E-state index contributed by atoms with van der Waals surface area (Å²) < 4.78 is 88.3. The summed E-state index contributed by atoms with van der Waals surface area (Å²) in [5.74, 6) is 0. The zero-order chi connectivity index (χ0) is 19.6. The van der Waals surface area contributed by atoms with Gasteiger partial charge in [0.25, 0.3) is 0 Å². The first-order valence-electron chi connectivity index (χ1n) is 7.74. The van der Waals surface area contributed by atoms with Crippen molar-refractivity contribution in [2.45, 2.75) is 11.1 Å². The molecule has 2 rings (SSSR count). The Morgan fingerprint density at radius 3 is 2.00 bits per heavy atom. The number of nitrogens with one attached hydrogen (secondary N) is 1. The fourth-order valence-corrected chi connectivity index (χ4v) is 4.38. The minimum atomic E-state index is -4.52. The van der Waals surface area contributed by atoms with Crippen LogP contribution in [0.25, 0.3) is 0 Å². The van der Waals surface area contributed by atoms with Crippen LogP contribution in [0.2, 0.25) is 0 Å². The van der Waals surface area contributed by atoms with E-state index in [1.165, 1.54) is 4.31 Å². The van der Waals surface area contributed by atoms with Crippen LogP contribution in [0, 0.1) is 0 Å². The van der Waals surface area contributed by atoms with Gasteiger partial charge in [-0.25, -0.2) is 21.6 Å². The number of alkyl halides is 3. The monoisotopic (exact) mass is 415 g/mol. The number of hydrogen-bond acceptors (Lipinski definition) is 5. The summed E-state index contributed by atoms with van der Waals surface area (Å²) >= 11 is 0. The van der Waals surface area contributed by atoms with E-state index in [1.807, 2.05) is 4.90 Å². The first-order chi connectivity index (χ1) is 11.9. The molecule has 0 atom stereocenters. The van der Waals surface area contributed by atoms with Crippen molar-refractivity contribution >= 4 is 20.0 Å². The van der Waals surface area contributed by atoms with Crippen LogP contribution in [0.3, 0.4) is 0 Å². The van der Waals surface area contributed by atoms with E-state index >= 15 is 0 Å². The molecule has 1 aliphatic heterocycles. The number of rotatable bonds is 6. The molecule has 0 amide bonds. The standard InChI is InChI=1S/C14H20F3N3O4S2/c1-25(21,22)20-10-8-19(9-11-20)7-6-18-26(23,24)13-4-2-12(3-5-13)14(15,16)17/h2-5,18H,6-11H2,1H3. The number of benzene rings is 1. The van der Waals surface area contributed by atoms with Gasteiger partial charge in [-0.1, -0.05) is 0 Å². The van der Waals surface area contributed by atoms with E-state index in [9.17, 15) is 30.0 Å². The third-order valence-corrected chi connectivity index (χ3v) is 6.79. The molecule has 1 N–H and O–H groups in total. The maximum atomic E-state index is 12.5. The van der Waals surface area contributed by atoms with E-state index in [1.54, 1.807) is 0 Å². The fraction of sp³-hybridized carbons (Fsp3) is 0.571. The van der Waals surface area contributed by atoms with Gasteiger partial charge in [0.15, 0.2) is 0 Å². The van der Waals surface area contributed by atoms with Crippen LogP contribution in [0.15, 0.2) is 29.2 Å².